The molecule has 2 N–H and O–H groups in total. The molecule has 7 nitrogen and oxygen atoms in total. The Morgan fingerprint density at radius 2 is 1.66 bits per heavy atom. The highest BCUT2D eigenvalue weighted by atomic mass is 16.5. The zero-order chi connectivity index (χ0) is 22.8. The van der Waals surface area contributed by atoms with Gasteiger partial charge in [0.25, 0.3) is 0 Å². The first-order valence-corrected chi connectivity index (χ1v) is 11.2. The molecule has 0 aliphatic carbocycles. The number of carboxylic acids is 1. The molecule has 172 valence electrons. The van der Waals surface area contributed by atoms with Gasteiger partial charge in [-0.15, -0.1) is 0 Å². The van der Waals surface area contributed by atoms with E-state index in [2.05, 4.69) is 27.1 Å². The Kier molecular flexibility index (Phi) is 8.92. The lowest BCUT2D eigenvalue weighted by Crippen LogP contribution is -2.46. The van der Waals surface area contributed by atoms with E-state index in [0.717, 1.165) is 63.3 Å². The zero-order valence-corrected chi connectivity index (χ0v) is 18.7. The number of rotatable bonds is 11. The van der Waals surface area contributed by atoms with Gasteiger partial charge in [-0.1, -0.05) is 29.4 Å². The van der Waals surface area contributed by atoms with E-state index in [1.807, 2.05) is 36.4 Å². The number of hydrogen-bond donors (Lipinski definition) is 2. The topological polar surface area (TPSA) is 85.6 Å². The van der Waals surface area contributed by atoms with Crippen molar-refractivity contribution in [2.75, 3.05) is 44.7 Å². The Hall–Kier alpha value is -3.06. The van der Waals surface area contributed by atoms with Crippen LogP contribution in [0.15, 0.2) is 53.7 Å². The van der Waals surface area contributed by atoms with Crippen LogP contribution < -0.4 is 9.64 Å². The number of carboxylic acid groups (broad SMARTS) is 1. The van der Waals surface area contributed by atoms with Gasteiger partial charge in [-0.05, 0) is 61.2 Å². The number of oxime groups is 1. The van der Waals surface area contributed by atoms with Gasteiger partial charge < -0.3 is 20.0 Å². The minimum Gasteiger partial charge on any atom is -0.497 e. The summed E-state index contributed by atoms with van der Waals surface area (Å²) < 4.78 is 5.24. The van der Waals surface area contributed by atoms with Crippen LogP contribution in [0.1, 0.15) is 36.8 Å². The number of anilines is 1. The summed E-state index contributed by atoms with van der Waals surface area (Å²) in [5.74, 6) is -0.00732. The molecule has 0 amide bonds. The highest BCUT2D eigenvalue weighted by Gasteiger charge is 2.16. The van der Waals surface area contributed by atoms with E-state index in [0.29, 0.717) is 5.71 Å². The molecule has 0 unspecified atom stereocenters. The summed E-state index contributed by atoms with van der Waals surface area (Å²) in [6.07, 6.45) is 3.46. The second kappa shape index (κ2) is 12.1. The lowest BCUT2D eigenvalue weighted by atomic mass is 10.0. The Labute approximate surface area is 189 Å². The van der Waals surface area contributed by atoms with Crippen LogP contribution in [-0.2, 0) is 11.2 Å². The van der Waals surface area contributed by atoms with E-state index in [4.69, 9.17) is 15.1 Å². The first-order chi connectivity index (χ1) is 15.6. The molecule has 0 spiro atoms. The van der Waals surface area contributed by atoms with Crippen LogP contribution in [0, 0.1) is 0 Å². The number of aliphatic carboxylic acids is 1. The Morgan fingerprint density at radius 1 is 0.969 bits per heavy atom. The molecular weight excluding hydrogens is 406 g/mol. The summed E-state index contributed by atoms with van der Waals surface area (Å²) in [4.78, 5) is 15.7. The molecule has 0 aromatic heterocycles. The first kappa shape index (κ1) is 23.6. The van der Waals surface area contributed by atoms with Gasteiger partial charge >= 0.3 is 5.97 Å². The molecule has 0 bridgehead atoms. The van der Waals surface area contributed by atoms with Crippen molar-refractivity contribution in [1.29, 1.82) is 0 Å². The normalized spacial score (nSPS) is 15.0. The first-order valence-electron chi connectivity index (χ1n) is 11.2. The van der Waals surface area contributed by atoms with Crippen molar-refractivity contribution in [2.24, 2.45) is 5.16 Å². The van der Waals surface area contributed by atoms with Crippen molar-refractivity contribution in [2.45, 2.75) is 32.1 Å². The SMILES string of the molecule is COc1ccc(N2CCN(CCCCc3ccc(/C(CCC(=O)O)=N\O)cc3)CC2)cc1. The monoisotopic (exact) mass is 439 g/mol. The van der Waals surface area contributed by atoms with Crippen molar-refractivity contribution in [3.8, 4) is 5.75 Å². The van der Waals surface area contributed by atoms with Crippen molar-refractivity contribution in [3.05, 3.63) is 59.7 Å². The van der Waals surface area contributed by atoms with Crippen LogP contribution in [-0.4, -0.2) is 66.7 Å². The standard InChI is InChI=1S/C25H33N3O4/c1-32-23-11-9-22(10-12-23)28-18-16-27(17-19-28)15-3-2-4-20-5-7-21(8-6-20)24(26-31)13-14-25(29)30/h5-12,31H,2-4,13-19H2,1H3,(H,29,30)/b26-24-. The van der Waals surface area contributed by atoms with E-state index >= 15 is 0 Å². The molecule has 7 heteroatoms. The van der Waals surface area contributed by atoms with E-state index in [9.17, 15) is 4.79 Å². The average Bonchev–Trinajstić information content (AvgIpc) is 2.83. The van der Waals surface area contributed by atoms with E-state index in [1.165, 1.54) is 11.3 Å². The lowest BCUT2D eigenvalue weighted by Gasteiger charge is -2.36. The second-order valence-electron chi connectivity index (χ2n) is 8.12. The number of hydrogen-bond acceptors (Lipinski definition) is 6. The Bertz CT molecular complexity index is 873. The molecule has 3 rings (SSSR count). The summed E-state index contributed by atoms with van der Waals surface area (Å²) in [5, 5.41) is 21.2. The maximum Gasteiger partial charge on any atom is 0.303 e. The predicted octanol–water partition coefficient (Wildman–Crippen LogP) is 3.88. The molecule has 0 radical (unpaired) electrons. The number of ether oxygens (including phenoxy) is 1. The summed E-state index contributed by atoms with van der Waals surface area (Å²) in [7, 11) is 1.69. The van der Waals surface area contributed by atoms with Gasteiger partial charge in [0.2, 0.25) is 0 Å². The summed E-state index contributed by atoms with van der Waals surface area (Å²) in [6, 6.07) is 16.2. The van der Waals surface area contributed by atoms with E-state index in [-0.39, 0.29) is 12.8 Å². The van der Waals surface area contributed by atoms with Crippen LogP contribution in [0.5, 0.6) is 5.75 Å². The number of unbranched alkanes of at least 4 members (excludes halogenated alkanes) is 1. The summed E-state index contributed by atoms with van der Waals surface area (Å²) >= 11 is 0. The number of benzene rings is 2. The minimum atomic E-state index is -0.898. The third-order valence-electron chi connectivity index (χ3n) is 5.98. The molecule has 32 heavy (non-hydrogen) atoms. The van der Waals surface area contributed by atoms with Crippen LogP contribution in [0.4, 0.5) is 5.69 Å². The van der Waals surface area contributed by atoms with Gasteiger partial charge in [0.15, 0.2) is 0 Å². The van der Waals surface area contributed by atoms with Crippen LogP contribution >= 0.6 is 0 Å². The molecule has 2 aromatic rings. The minimum absolute atomic E-state index is 0.0461. The molecule has 1 saturated heterocycles. The molecular formula is C25H33N3O4. The molecule has 2 aromatic carbocycles. The molecule has 1 aliphatic heterocycles. The predicted molar refractivity (Wildman–Crippen MR) is 126 cm³/mol. The van der Waals surface area contributed by atoms with Crippen LogP contribution in [0.25, 0.3) is 0 Å². The fourth-order valence-electron chi connectivity index (χ4n) is 4.03. The van der Waals surface area contributed by atoms with E-state index < -0.39 is 5.97 Å². The Morgan fingerprint density at radius 3 is 2.25 bits per heavy atom. The van der Waals surface area contributed by atoms with Gasteiger partial charge in [0, 0.05) is 38.3 Å². The van der Waals surface area contributed by atoms with Crippen LogP contribution in [0.2, 0.25) is 0 Å². The third-order valence-corrected chi connectivity index (χ3v) is 5.98. The fraction of sp³-hybridized carbons (Fsp3) is 0.440. The molecule has 1 fully saturated rings. The van der Waals surface area contributed by atoms with Crippen molar-refractivity contribution >= 4 is 17.4 Å². The highest BCUT2D eigenvalue weighted by Crippen LogP contribution is 2.20. The van der Waals surface area contributed by atoms with Crippen molar-refractivity contribution in [3.63, 3.8) is 0 Å². The smallest absolute Gasteiger partial charge is 0.303 e. The maximum absolute atomic E-state index is 10.7. The Balaban J connectivity index is 1.35. The number of nitrogens with zero attached hydrogens (tertiary/aromatic N) is 3. The van der Waals surface area contributed by atoms with E-state index in [1.54, 1.807) is 7.11 Å². The molecule has 1 aliphatic rings. The highest BCUT2D eigenvalue weighted by molar-refractivity contribution is 6.01. The molecule has 0 saturated carbocycles. The average molecular weight is 440 g/mol. The maximum atomic E-state index is 10.7. The second-order valence-corrected chi connectivity index (χ2v) is 8.12. The fourth-order valence-corrected chi connectivity index (χ4v) is 4.03. The number of piperazine rings is 1. The van der Waals surface area contributed by atoms with Crippen LogP contribution in [0.3, 0.4) is 0 Å². The van der Waals surface area contributed by atoms with Crippen molar-refractivity contribution < 1.29 is 19.8 Å². The number of methoxy groups -OCH3 is 1. The van der Waals surface area contributed by atoms with Gasteiger partial charge in [-0.2, -0.15) is 0 Å². The van der Waals surface area contributed by atoms with Gasteiger partial charge in [-0.3, -0.25) is 9.69 Å². The zero-order valence-electron chi connectivity index (χ0n) is 18.7. The number of aryl methyl sites for hydroxylation is 1. The lowest BCUT2D eigenvalue weighted by molar-refractivity contribution is -0.136. The quantitative estimate of drug-likeness (QED) is 0.239. The van der Waals surface area contributed by atoms with Crippen molar-refractivity contribution in [1.82, 2.24) is 4.90 Å². The molecule has 1 heterocycles. The largest absolute Gasteiger partial charge is 0.497 e. The third kappa shape index (κ3) is 6.99. The number of carbonyl (C=O) groups is 1. The summed E-state index contributed by atoms with van der Waals surface area (Å²) in [6.45, 7) is 5.38. The molecule has 0 atom stereocenters. The van der Waals surface area contributed by atoms with Gasteiger partial charge in [0.05, 0.1) is 19.2 Å². The van der Waals surface area contributed by atoms with Gasteiger partial charge in [0.1, 0.15) is 5.75 Å². The van der Waals surface area contributed by atoms with Gasteiger partial charge in [-0.25, -0.2) is 0 Å². The summed E-state index contributed by atoms with van der Waals surface area (Å²) in [5.41, 5.74) is 3.68.